The third kappa shape index (κ3) is 6.66. The summed E-state index contributed by atoms with van der Waals surface area (Å²) in [4.78, 5) is 30.7. The van der Waals surface area contributed by atoms with Crippen molar-refractivity contribution in [1.29, 1.82) is 0 Å². The Bertz CT molecular complexity index is 1080. The normalized spacial score (nSPS) is 11.1. The summed E-state index contributed by atoms with van der Waals surface area (Å²) in [6.45, 7) is 6.43. The Balaban J connectivity index is 1.87. The average molecular weight is 479 g/mol. The predicted molar refractivity (Wildman–Crippen MR) is 135 cm³/mol. The third-order valence-electron chi connectivity index (χ3n) is 5.78. The van der Waals surface area contributed by atoms with E-state index in [1.807, 2.05) is 57.2 Å². The molecule has 0 aliphatic carbocycles. The first-order valence-electron chi connectivity index (χ1n) is 11.6. The van der Waals surface area contributed by atoms with Gasteiger partial charge in [0, 0.05) is 12.1 Å². The highest BCUT2D eigenvalue weighted by atomic mass is 16.5. The van der Waals surface area contributed by atoms with Gasteiger partial charge in [-0.15, -0.1) is 0 Å². The van der Waals surface area contributed by atoms with E-state index in [-0.39, 0.29) is 18.4 Å². The van der Waals surface area contributed by atoms with Crippen molar-refractivity contribution in [1.82, 2.24) is 9.80 Å². The summed E-state index contributed by atoms with van der Waals surface area (Å²) in [5.74, 6) is 0.974. The first-order chi connectivity index (χ1) is 16.7. The number of ether oxygens (including phenoxy) is 2. The molecule has 0 fully saturated rings. The average Bonchev–Trinajstić information content (AvgIpc) is 3.37. The molecule has 3 aromatic rings. The number of hydrogen-bond donors (Lipinski definition) is 0. The van der Waals surface area contributed by atoms with Crippen LogP contribution in [-0.2, 0) is 17.8 Å². The number of furan rings is 1. The Morgan fingerprint density at radius 1 is 0.886 bits per heavy atom. The van der Waals surface area contributed by atoms with Crippen molar-refractivity contribution in [2.75, 3.05) is 27.3 Å². The molecule has 35 heavy (non-hydrogen) atoms. The second kappa shape index (κ2) is 11.6. The van der Waals surface area contributed by atoms with Crippen LogP contribution in [0, 0.1) is 0 Å². The van der Waals surface area contributed by atoms with Gasteiger partial charge in [-0.3, -0.25) is 9.59 Å². The summed E-state index contributed by atoms with van der Waals surface area (Å²) in [6, 6.07) is 18.8. The van der Waals surface area contributed by atoms with Gasteiger partial charge in [0.2, 0.25) is 5.91 Å². The lowest BCUT2D eigenvalue weighted by atomic mass is 10.0. The minimum atomic E-state index is -0.631. The van der Waals surface area contributed by atoms with E-state index in [1.54, 1.807) is 40.3 Å². The minimum absolute atomic E-state index is 0.0982. The van der Waals surface area contributed by atoms with Gasteiger partial charge in [0.15, 0.2) is 0 Å². The van der Waals surface area contributed by atoms with E-state index in [1.165, 1.54) is 14.2 Å². The molecule has 0 bridgehead atoms. The van der Waals surface area contributed by atoms with Crippen molar-refractivity contribution < 1.29 is 23.5 Å². The van der Waals surface area contributed by atoms with Gasteiger partial charge in [-0.25, -0.2) is 0 Å². The van der Waals surface area contributed by atoms with Crippen molar-refractivity contribution in [2.45, 2.75) is 39.3 Å². The maximum atomic E-state index is 13.8. The van der Waals surface area contributed by atoms with E-state index in [0.29, 0.717) is 42.3 Å². The number of methoxy groups -OCH3 is 2. The number of rotatable bonds is 10. The Kier molecular flexibility index (Phi) is 8.58. The van der Waals surface area contributed by atoms with E-state index < -0.39 is 5.54 Å². The number of carbonyl (C=O) groups excluding carboxylic acids is 2. The van der Waals surface area contributed by atoms with E-state index in [9.17, 15) is 9.59 Å². The van der Waals surface area contributed by atoms with Crippen LogP contribution >= 0.6 is 0 Å². The Morgan fingerprint density at radius 3 is 2.09 bits per heavy atom. The van der Waals surface area contributed by atoms with Crippen molar-refractivity contribution >= 4 is 11.8 Å². The zero-order valence-corrected chi connectivity index (χ0v) is 21.1. The van der Waals surface area contributed by atoms with Crippen molar-refractivity contribution in [3.63, 3.8) is 0 Å². The standard InChI is InChI=1S/C28H34N2O5/c1-28(2,3)30(27(32)26-23(33-4)14-9-15-24(26)34-5)20-25(31)29(19-22-13-10-18-35-22)17-16-21-11-7-6-8-12-21/h6-15,18H,16-17,19-20H2,1-5H3. The zero-order valence-electron chi connectivity index (χ0n) is 21.1. The van der Waals surface area contributed by atoms with Crippen LogP contribution in [0.5, 0.6) is 11.5 Å². The monoisotopic (exact) mass is 478 g/mol. The molecule has 7 heteroatoms. The number of nitrogens with zero attached hydrogens (tertiary/aromatic N) is 2. The number of hydrogen-bond acceptors (Lipinski definition) is 5. The van der Waals surface area contributed by atoms with Gasteiger partial charge in [-0.2, -0.15) is 0 Å². The lowest BCUT2D eigenvalue weighted by Gasteiger charge is -2.37. The molecule has 0 aliphatic heterocycles. The lowest BCUT2D eigenvalue weighted by molar-refractivity contribution is -0.133. The van der Waals surface area contributed by atoms with Crippen LogP contribution in [0.4, 0.5) is 0 Å². The van der Waals surface area contributed by atoms with E-state index in [0.717, 1.165) is 5.56 Å². The first kappa shape index (κ1) is 25.9. The van der Waals surface area contributed by atoms with Crippen LogP contribution in [0.1, 0.15) is 42.5 Å². The van der Waals surface area contributed by atoms with Crippen LogP contribution in [-0.4, -0.2) is 54.5 Å². The first-order valence-corrected chi connectivity index (χ1v) is 11.6. The Labute approximate surface area is 207 Å². The molecule has 0 aliphatic rings. The quantitative estimate of drug-likeness (QED) is 0.418. The second-order valence-electron chi connectivity index (χ2n) is 9.23. The smallest absolute Gasteiger partial charge is 0.262 e. The van der Waals surface area contributed by atoms with Crippen molar-refractivity contribution in [3.8, 4) is 11.5 Å². The molecule has 0 radical (unpaired) electrons. The van der Waals surface area contributed by atoms with Gasteiger partial charge in [0.05, 0.1) is 27.0 Å². The fourth-order valence-corrected chi connectivity index (χ4v) is 3.84. The minimum Gasteiger partial charge on any atom is -0.496 e. The van der Waals surface area contributed by atoms with Gasteiger partial charge in [-0.1, -0.05) is 36.4 Å². The molecule has 1 heterocycles. The van der Waals surface area contributed by atoms with Crippen LogP contribution in [0.2, 0.25) is 0 Å². The summed E-state index contributed by atoms with van der Waals surface area (Å²) in [5, 5.41) is 0. The van der Waals surface area contributed by atoms with Gasteiger partial charge in [-0.05, 0) is 57.0 Å². The highest BCUT2D eigenvalue weighted by Gasteiger charge is 2.34. The molecule has 3 rings (SSSR count). The maximum absolute atomic E-state index is 13.8. The van der Waals surface area contributed by atoms with Crippen molar-refractivity contribution in [2.24, 2.45) is 0 Å². The summed E-state index contributed by atoms with van der Waals surface area (Å²) in [7, 11) is 3.01. The van der Waals surface area contributed by atoms with Gasteiger partial charge in [0.1, 0.15) is 29.4 Å². The maximum Gasteiger partial charge on any atom is 0.262 e. The SMILES string of the molecule is COc1cccc(OC)c1C(=O)N(CC(=O)N(CCc1ccccc1)Cc1ccco1)C(C)(C)C. The number of benzene rings is 2. The molecule has 1 aromatic heterocycles. The van der Waals surface area contributed by atoms with Crippen LogP contribution in [0.15, 0.2) is 71.3 Å². The number of carbonyl (C=O) groups is 2. The van der Waals surface area contributed by atoms with E-state index in [4.69, 9.17) is 13.9 Å². The molecule has 0 spiro atoms. The topological polar surface area (TPSA) is 72.2 Å². The van der Waals surface area contributed by atoms with Gasteiger partial charge in [0.25, 0.3) is 5.91 Å². The van der Waals surface area contributed by atoms with Crippen molar-refractivity contribution in [3.05, 3.63) is 83.8 Å². The van der Waals surface area contributed by atoms with E-state index >= 15 is 0 Å². The molecule has 0 atom stereocenters. The van der Waals surface area contributed by atoms with Crippen LogP contribution in [0.3, 0.4) is 0 Å². The molecule has 0 unspecified atom stereocenters. The fraction of sp³-hybridized carbons (Fsp3) is 0.357. The molecule has 0 saturated heterocycles. The highest BCUT2D eigenvalue weighted by Crippen LogP contribution is 2.31. The molecule has 186 valence electrons. The summed E-state index contributed by atoms with van der Waals surface area (Å²) in [5.41, 5.74) is 0.795. The molecule has 0 saturated carbocycles. The number of amides is 2. The summed E-state index contributed by atoms with van der Waals surface area (Å²) >= 11 is 0. The van der Waals surface area contributed by atoms with Crippen LogP contribution < -0.4 is 9.47 Å². The Hall–Kier alpha value is -3.74. The summed E-state index contributed by atoms with van der Waals surface area (Å²) < 4.78 is 16.4. The van der Waals surface area contributed by atoms with E-state index in [2.05, 4.69) is 0 Å². The Morgan fingerprint density at radius 2 is 1.54 bits per heavy atom. The van der Waals surface area contributed by atoms with Gasteiger partial charge >= 0.3 is 0 Å². The molecular formula is C28H34N2O5. The molecule has 7 nitrogen and oxygen atoms in total. The predicted octanol–water partition coefficient (Wildman–Crippen LogP) is 4.81. The third-order valence-corrected chi connectivity index (χ3v) is 5.78. The van der Waals surface area contributed by atoms with Gasteiger partial charge < -0.3 is 23.7 Å². The largest absolute Gasteiger partial charge is 0.496 e. The lowest BCUT2D eigenvalue weighted by Crippen LogP contribution is -2.51. The molecule has 2 aromatic carbocycles. The molecular weight excluding hydrogens is 444 g/mol. The van der Waals surface area contributed by atoms with Crippen LogP contribution in [0.25, 0.3) is 0 Å². The second-order valence-corrected chi connectivity index (χ2v) is 9.23. The fourth-order valence-electron chi connectivity index (χ4n) is 3.84. The molecule has 0 N–H and O–H groups in total. The summed E-state index contributed by atoms with van der Waals surface area (Å²) in [6.07, 6.45) is 2.28. The highest BCUT2D eigenvalue weighted by molar-refractivity contribution is 6.01. The zero-order chi connectivity index (χ0) is 25.4. The molecule has 2 amide bonds.